The van der Waals surface area contributed by atoms with E-state index in [4.69, 9.17) is 4.74 Å². The highest BCUT2D eigenvalue weighted by Crippen LogP contribution is 2.37. The van der Waals surface area contributed by atoms with Gasteiger partial charge in [0.1, 0.15) is 5.60 Å². The third kappa shape index (κ3) is 6.17. The molecule has 4 rings (SSSR count). The lowest BCUT2D eigenvalue weighted by atomic mass is 9.84. The minimum Gasteiger partial charge on any atom is -0.438 e. The highest BCUT2D eigenvalue weighted by Gasteiger charge is 2.41. The molecule has 0 aliphatic carbocycles. The molecule has 182 valence electrons. The van der Waals surface area contributed by atoms with Crippen molar-refractivity contribution in [3.05, 3.63) is 71.8 Å². The molecule has 2 saturated heterocycles. The van der Waals surface area contributed by atoms with E-state index in [0.29, 0.717) is 44.9 Å². The molecule has 2 aromatic carbocycles. The van der Waals surface area contributed by atoms with Crippen LogP contribution in [0.1, 0.15) is 49.7 Å². The van der Waals surface area contributed by atoms with Gasteiger partial charge in [0, 0.05) is 44.9 Å². The topological polar surface area (TPSA) is 61.9 Å². The molecule has 2 aliphatic heterocycles. The summed E-state index contributed by atoms with van der Waals surface area (Å²) in [6, 6.07) is 20.6. The molecule has 1 unspecified atom stereocenters. The molecule has 0 aromatic heterocycles. The number of benzene rings is 2. The minimum absolute atomic E-state index is 0.163. The van der Waals surface area contributed by atoms with Gasteiger partial charge >= 0.3 is 6.09 Å². The molecule has 6 nitrogen and oxygen atoms in total. The lowest BCUT2D eigenvalue weighted by Gasteiger charge is -2.41. The van der Waals surface area contributed by atoms with Crippen molar-refractivity contribution in [2.45, 2.75) is 56.6 Å². The molecular formula is C28H37N3O3. The molecule has 1 N–H and O–H groups in total. The number of aryl methyl sites for hydroxylation is 1. The van der Waals surface area contributed by atoms with E-state index in [1.165, 1.54) is 18.4 Å². The number of hydrogen-bond donors (Lipinski definition) is 1. The van der Waals surface area contributed by atoms with Crippen molar-refractivity contribution in [1.29, 1.82) is 0 Å². The van der Waals surface area contributed by atoms with Crippen LogP contribution in [0.25, 0.3) is 0 Å². The first-order valence-electron chi connectivity index (χ1n) is 12.6. The zero-order valence-corrected chi connectivity index (χ0v) is 20.2. The van der Waals surface area contributed by atoms with E-state index in [1.54, 1.807) is 0 Å². The average molecular weight is 464 g/mol. The van der Waals surface area contributed by atoms with Crippen LogP contribution in [0, 0.1) is 0 Å². The van der Waals surface area contributed by atoms with Crippen LogP contribution in [0.5, 0.6) is 0 Å². The number of amides is 2. The second-order valence-corrected chi connectivity index (χ2v) is 9.61. The first-order valence-corrected chi connectivity index (χ1v) is 12.6. The molecule has 34 heavy (non-hydrogen) atoms. The standard InChI is InChI=1S/C28H37N3O3/c1-30-20-8-13-25(30)16-19-29-27(33)34-28(24-11-6-3-7-12-24)17-21-31(22-18-28)26(32)15-14-23-9-4-2-5-10-23/h2-7,9-12,25H,8,13-22H2,1H3,(H,29,33). The molecule has 1 atom stereocenters. The lowest BCUT2D eigenvalue weighted by Crippen LogP contribution is -2.48. The monoisotopic (exact) mass is 463 g/mol. The lowest BCUT2D eigenvalue weighted by molar-refractivity contribution is -0.135. The fourth-order valence-corrected chi connectivity index (χ4v) is 5.26. The minimum atomic E-state index is -0.703. The van der Waals surface area contributed by atoms with Crippen molar-refractivity contribution < 1.29 is 14.3 Å². The van der Waals surface area contributed by atoms with Gasteiger partial charge in [-0.2, -0.15) is 0 Å². The smallest absolute Gasteiger partial charge is 0.408 e. The van der Waals surface area contributed by atoms with Crippen LogP contribution in [0.15, 0.2) is 60.7 Å². The molecule has 0 spiro atoms. The van der Waals surface area contributed by atoms with Crippen LogP contribution < -0.4 is 5.32 Å². The molecule has 0 bridgehead atoms. The number of ether oxygens (including phenoxy) is 1. The van der Waals surface area contributed by atoms with Crippen LogP contribution in [0.3, 0.4) is 0 Å². The van der Waals surface area contributed by atoms with Gasteiger partial charge in [0.25, 0.3) is 0 Å². The highest BCUT2D eigenvalue weighted by molar-refractivity contribution is 5.76. The van der Waals surface area contributed by atoms with Crippen molar-refractivity contribution in [2.24, 2.45) is 0 Å². The van der Waals surface area contributed by atoms with Gasteiger partial charge in [-0.25, -0.2) is 4.79 Å². The SMILES string of the molecule is CN1CCCC1CCNC(=O)OC1(c2ccccc2)CCN(C(=O)CCc2ccccc2)CC1. The van der Waals surface area contributed by atoms with Crippen LogP contribution in [0.4, 0.5) is 4.79 Å². The van der Waals surface area contributed by atoms with E-state index in [0.717, 1.165) is 24.9 Å². The Labute approximate surface area is 203 Å². The summed E-state index contributed by atoms with van der Waals surface area (Å²) in [5.41, 5.74) is 1.47. The Morgan fingerprint density at radius 2 is 1.68 bits per heavy atom. The van der Waals surface area contributed by atoms with Crippen molar-refractivity contribution in [3.8, 4) is 0 Å². The van der Waals surface area contributed by atoms with Gasteiger partial charge in [-0.15, -0.1) is 0 Å². The van der Waals surface area contributed by atoms with Crippen molar-refractivity contribution in [1.82, 2.24) is 15.1 Å². The highest BCUT2D eigenvalue weighted by atomic mass is 16.6. The van der Waals surface area contributed by atoms with Gasteiger partial charge in [0.15, 0.2) is 0 Å². The number of likely N-dealkylation sites (tertiary alicyclic amines) is 2. The summed E-state index contributed by atoms with van der Waals surface area (Å²) in [5, 5.41) is 2.98. The van der Waals surface area contributed by atoms with Gasteiger partial charge in [-0.3, -0.25) is 4.79 Å². The number of carbonyl (C=O) groups is 2. The number of piperidine rings is 1. The molecule has 2 heterocycles. The molecule has 2 aliphatic rings. The van der Waals surface area contributed by atoms with Crippen molar-refractivity contribution in [3.63, 3.8) is 0 Å². The summed E-state index contributed by atoms with van der Waals surface area (Å²) < 4.78 is 6.11. The van der Waals surface area contributed by atoms with Gasteiger partial charge < -0.3 is 19.9 Å². The third-order valence-electron chi connectivity index (χ3n) is 7.40. The van der Waals surface area contributed by atoms with E-state index in [-0.39, 0.29) is 12.0 Å². The fourth-order valence-electron chi connectivity index (χ4n) is 5.26. The molecule has 2 fully saturated rings. The predicted molar refractivity (Wildman–Crippen MR) is 133 cm³/mol. The summed E-state index contributed by atoms with van der Waals surface area (Å²) in [5.74, 6) is 0.163. The fraction of sp³-hybridized carbons (Fsp3) is 0.500. The first-order chi connectivity index (χ1) is 16.6. The number of nitrogens with zero attached hydrogens (tertiary/aromatic N) is 2. The number of nitrogens with one attached hydrogen (secondary N) is 1. The van der Waals surface area contributed by atoms with E-state index in [9.17, 15) is 9.59 Å². The maximum atomic E-state index is 12.8. The molecular weight excluding hydrogens is 426 g/mol. The summed E-state index contributed by atoms with van der Waals surface area (Å²) in [7, 11) is 2.15. The van der Waals surface area contributed by atoms with Crippen LogP contribution in [0.2, 0.25) is 0 Å². The molecule has 6 heteroatoms. The normalized spacial score (nSPS) is 20.1. The maximum Gasteiger partial charge on any atom is 0.408 e. The Morgan fingerprint density at radius 3 is 2.32 bits per heavy atom. The zero-order valence-electron chi connectivity index (χ0n) is 20.2. The van der Waals surface area contributed by atoms with Crippen LogP contribution in [-0.2, 0) is 21.6 Å². The second kappa shape index (κ2) is 11.5. The number of carbonyl (C=O) groups excluding carboxylic acids is 2. The van der Waals surface area contributed by atoms with Crippen molar-refractivity contribution >= 4 is 12.0 Å². The van der Waals surface area contributed by atoms with Gasteiger partial charge in [-0.05, 0) is 50.4 Å². The largest absolute Gasteiger partial charge is 0.438 e. The number of rotatable bonds is 8. The maximum absolute atomic E-state index is 12.8. The van der Waals surface area contributed by atoms with E-state index in [1.807, 2.05) is 53.4 Å². The number of hydrogen-bond acceptors (Lipinski definition) is 4. The second-order valence-electron chi connectivity index (χ2n) is 9.61. The van der Waals surface area contributed by atoms with Gasteiger partial charge in [0.05, 0.1) is 0 Å². The van der Waals surface area contributed by atoms with E-state index in [2.05, 4.69) is 29.4 Å². The van der Waals surface area contributed by atoms with E-state index >= 15 is 0 Å². The molecule has 2 aromatic rings. The van der Waals surface area contributed by atoms with Gasteiger partial charge in [-0.1, -0.05) is 60.7 Å². The van der Waals surface area contributed by atoms with Crippen LogP contribution >= 0.6 is 0 Å². The van der Waals surface area contributed by atoms with Crippen LogP contribution in [-0.4, -0.2) is 61.1 Å². The quantitative estimate of drug-likeness (QED) is 0.632. The van der Waals surface area contributed by atoms with Crippen molar-refractivity contribution in [2.75, 3.05) is 33.2 Å². The summed E-state index contributed by atoms with van der Waals surface area (Å²) >= 11 is 0. The molecule has 2 amide bonds. The summed E-state index contributed by atoms with van der Waals surface area (Å²) in [6.07, 6.45) is 5.44. The summed E-state index contributed by atoms with van der Waals surface area (Å²) in [4.78, 5) is 29.9. The van der Waals surface area contributed by atoms with E-state index < -0.39 is 5.60 Å². The molecule has 0 radical (unpaired) electrons. The Morgan fingerprint density at radius 1 is 1.00 bits per heavy atom. The Hall–Kier alpha value is -2.86. The Bertz CT molecular complexity index is 926. The van der Waals surface area contributed by atoms with Gasteiger partial charge in [0.2, 0.25) is 5.91 Å². The Balaban J connectivity index is 1.32. The predicted octanol–water partition coefficient (Wildman–Crippen LogP) is 4.35. The molecule has 0 saturated carbocycles. The Kier molecular flexibility index (Phi) is 8.22. The third-order valence-corrected chi connectivity index (χ3v) is 7.40. The number of alkyl carbamates (subject to hydrolysis) is 1. The average Bonchev–Trinajstić information content (AvgIpc) is 3.28. The summed E-state index contributed by atoms with van der Waals surface area (Å²) in [6.45, 7) is 2.92. The zero-order chi connectivity index (χ0) is 23.8. The first kappa shape index (κ1) is 24.3.